The molecule has 0 radical (unpaired) electrons. The molecule has 1 fully saturated rings. The summed E-state index contributed by atoms with van der Waals surface area (Å²) in [7, 11) is -3.63. The Morgan fingerprint density at radius 1 is 1.15 bits per heavy atom. The molecule has 1 aromatic heterocycles. The Labute approximate surface area is 155 Å². The van der Waals surface area contributed by atoms with Crippen LogP contribution in [0.3, 0.4) is 0 Å². The number of piperidine rings is 1. The SMILES string of the molecule is O=C([O-])/C(=C/c1cccc(F)c1)c1ccc(S(=O)(=O)N2CCCCC2)s1. The predicted molar refractivity (Wildman–Crippen MR) is 96.2 cm³/mol. The number of carbonyl (C=O) groups is 1. The van der Waals surface area contributed by atoms with Crippen molar-refractivity contribution in [2.75, 3.05) is 13.1 Å². The standard InChI is InChI=1S/C18H18FNO4S2/c19-14-6-4-5-13(11-14)12-15(18(21)22)16-7-8-17(25-16)26(23,24)20-9-2-1-3-10-20/h4-8,11-12H,1-3,9-10H2,(H,21,22)/p-1/b15-12+. The Bertz CT molecular complexity index is 944. The van der Waals surface area contributed by atoms with Gasteiger partial charge in [0.05, 0.1) is 5.97 Å². The van der Waals surface area contributed by atoms with Gasteiger partial charge >= 0.3 is 0 Å². The molecule has 1 aromatic carbocycles. The maximum atomic E-state index is 13.3. The molecule has 0 N–H and O–H groups in total. The van der Waals surface area contributed by atoms with Gasteiger partial charge in [-0.15, -0.1) is 11.3 Å². The molecule has 2 aromatic rings. The molecule has 26 heavy (non-hydrogen) atoms. The highest BCUT2D eigenvalue weighted by molar-refractivity contribution is 7.91. The molecule has 1 aliphatic rings. The summed E-state index contributed by atoms with van der Waals surface area (Å²) in [4.78, 5) is 11.8. The number of carbonyl (C=O) groups excluding carboxylic acids is 1. The van der Waals surface area contributed by atoms with Crippen LogP contribution in [-0.2, 0) is 14.8 Å². The van der Waals surface area contributed by atoms with Gasteiger partial charge in [0.25, 0.3) is 10.0 Å². The van der Waals surface area contributed by atoms with Crippen molar-refractivity contribution in [2.45, 2.75) is 23.5 Å². The molecular weight excluding hydrogens is 377 g/mol. The van der Waals surface area contributed by atoms with Gasteiger partial charge in [-0.3, -0.25) is 0 Å². The van der Waals surface area contributed by atoms with Crippen molar-refractivity contribution in [3.63, 3.8) is 0 Å². The molecular formula is C18H17FNO4S2-. The fraction of sp³-hybridized carbons (Fsp3) is 0.278. The van der Waals surface area contributed by atoms with Crippen molar-refractivity contribution in [2.24, 2.45) is 0 Å². The summed E-state index contributed by atoms with van der Waals surface area (Å²) < 4.78 is 40.2. The second-order valence-electron chi connectivity index (χ2n) is 5.98. The van der Waals surface area contributed by atoms with Crippen LogP contribution >= 0.6 is 11.3 Å². The van der Waals surface area contributed by atoms with Crippen LogP contribution in [0.2, 0.25) is 0 Å². The smallest absolute Gasteiger partial charge is 0.252 e. The Hall–Kier alpha value is -2.03. The summed E-state index contributed by atoms with van der Waals surface area (Å²) in [6.07, 6.45) is 3.93. The molecule has 8 heteroatoms. The van der Waals surface area contributed by atoms with Crippen molar-refractivity contribution in [3.05, 3.63) is 52.7 Å². The molecule has 0 amide bonds. The zero-order chi connectivity index (χ0) is 18.7. The molecule has 0 unspecified atom stereocenters. The van der Waals surface area contributed by atoms with Gasteiger partial charge in [0, 0.05) is 23.5 Å². The van der Waals surface area contributed by atoms with Crippen molar-refractivity contribution >= 4 is 39.0 Å². The summed E-state index contributed by atoms with van der Waals surface area (Å²) in [6, 6.07) is 8.33. The molecule has 5 nitrogen and oxygen atoms in total. The lowest BCUT2D eigenvalue weighted by Crippen LogP contribution is -2.35. The fourth-order valence-electron chi connectivity index (χ4n) is 2.83. The van der Waals surface area contributed by atoms with Crippen molar-refractivity contribution in [1.82, 2.24) is 4.31 Å². The number of hydrogen-bond acceptors (Lipinski definition) is 5. The van der Waals surface area contributed by atoms with Gasteiger partial charge in [0.1, 0.15) is 10.0 Å². The van der Waals surface area contributed by atoms with E-state index in [4.69, 9.17) is 0 Å². The molecule has 0 aliphatic carbocycles. The van der Waals surface area contributed by atoms with Crippen molar-refractivity contribution < 1.29 is 22.7 Å². The van der Waals surface area contributed by atoms with Crippen LogP contribution in [-0.4, -0.2) is 31.8 Å². The first-order chi connectivity index (χ1) is 12.4. The highest BCUT2D eigenvalue weighted by Gasteiger charge is 2.27. The lowest BCUT2D eigenvalue weighted by atomic mass is 10.1. The van der Waals surface area contributed by atoms with Gasteiger partial charge in [-0.25, -0.2) is 12.8 Å². The lowest BCUT2D eigenvalue weighted by molar-refractivity contribution is -0.295. The Morgan fingerprint density at radius 3 is 2.54 bits per heavy atom. The van der Waals surface area contributed by atoms with E-state index >= 15 is 0 Å². The van der Waals surface area contributed by atoms with Crippen molar-refractivity contribution in [1.29, 1.82) is 0 Å². The molecule has 0 saturated carbocycles. The third kappa shape index (κ3) is 4.03. The highest BCUT2D eigenvalue weighted by Crippen LogP contribution is 2.31. The number of carboxylic acids is 1. The molecule has 0 spiro atoms. The normalized spacial score (nSPS) is 16.6. The van der Waals surface area contributed by atoms with E-state index in [1.165, 1.54) is 40.7 Å². The van der Waals surface area contributed by atoms with Crippen LogP contribution in [0.4, 0.5) is 4.39 Å². The van der Waals surface area contributed by atoms with Crippen LogP contribution in [0.15, 0.2) is 40.6 Å². The van der Waals surface area contributed by atoms with Crippen LogP contribution in [0, 0.1) is 5.82 Å². The molecule has 2 heterocycles. The van der Waals surface area contributed by atoms with E-state index in [1.54, 1.807) is 6.07 Å². The summed E-state index contributed by atoms with van der Waals surface area (Å²) in [5.74, 6) is -1.94. The quantitative estimate of drug-likeness (QED) is 0.730. The number of hydrogen-bond donors (Lipinski definition) is 0. The zero-order valence-corrected chi connectivity index (χ0v) is 15.5. The first-order valence-corrected chi connectivity index (χ1v) is 10.4. The third-order valence-electron chi connectivity index (χ3n) is 4.14. The number of thiophene rings is 1. The Kier molecular flexibility index (Phi) is 5.55. The average molecular weight is 394 g/mol. The molecule has 138 valence electrons. The number of carboxylic acid groups (broad SMARTS) is 1. The lowest BCUT2D eigenvalue weighted by Gasteiger charge is -2.25. The molecule has 1 saturated heterocycles. The minimum absolute atomic E-state index is 0.0980. The predicted octanol–water partition coefficient (Wildman–Crippen LogP) is 2.35. The number of nitrogens with zero attached hydrogens (tertiary/aromatic N) is 1. The first kappa shape index (κ1) is 18.8. The number of sulfonamides is 1. The van der Waals surface area contributed by atoms with E-state index in [2.05, 4.69) is 0 Å². The van der Waals surface area contributed by atoms with Crippen LogP contribution < -0.4 is 5.11 Å². The minimum Gasteiger partial charge on any atom is -0.545 e. The zero-order valence-electron chi connectivity index (χ0n) is 13.9. The average Bonchev–Trinajstić information content (AvgIpc) is 3.11. The molecule has 1 aliphatic heterocycles. The number of rotatable bonds is 5. The van der Waals surface area contributed by atoms with E-state index in [9.17, 15) is 22.7 Å². The van der Waals surface area contributed by atoms with Gasteiger partial charge < -0.3 is 9.90 Å². The van der Waals surface area contributed by atoms with E-state index in [-0.39, 0.29) is 14.7 Å². The van der Waals surface area contributed by atoms with E-state index < -0.39 is 21.8 Å². The number of halogens is 1. The maximum absolute atomic E-state index is 13.3. The topological polar surface area (TPSA) is 77.5 Å². The summed E-state index contributed by atoms with van der Waals surface area (Å²) in [6.45, 7) is 0.948. The van der Waals surface area contributed by atoms with Crippen molar-refractivity contribution in [3.8, 4) is 0 Å². The van der Waals surface area contributed by atoms with E-state index in [0.717, 1.165) is 30.6 Å². The van der Waals surface area contributed by atoms with Gasteiger partial charge in [-0.05, 0) is 48.7 Å². The molecule has 3 rings (SSSR count). The van der Waals surface area contributed by atoms with Gasteiger partial charge in [-0.2, -0.15) is 4.31 Å². The highest BCUT2D eigenvalue weighted by atomic mass is 32.2. The van der Waals surface area contributed by atoms with Gasteiger partial charge in [0.15, 0.2) is 0 Å². The largest absolute Gasteiger partial charge is 0.545 e. The molecule has 0 atom stereocenters. The Morgan fingerprint density at radius 2 is 1.88 bits per heavy atom. The number of benzene rings is 1. The number of aliphatic carboxylic acids is 1. The fourth-order valence-corrected chi connectivity index (χ4v) is 5.81. The maximum Gasteiger partial charge on any atom is 0.252 e. The van der Waals surface area contributed by atoms with Crippen LogP contribution in [0.25, 0.3) is 11.6 Å². The van der Waals surface area contributed by atoms with Crippen LogP contribution in [0.5, 0.6) is 0 Å². The minimum atomic E-state index is -3.63. The summed E-state index contributed by atoms with van der Waals surface area (Å²) >= 11 is 0.881. The second kappa shape index (κ2) is 7.69. The van der Waals surface area contributed by atoms with Crippen LogP contribution in [0.1, 0.15) is 29.7 Å². The third-order valence-corrected chi connectivity index (χ3v) is 7.62. The summed E-state index contributed by atoms with van der Waals surface area (Å²) in [5, 5.41) is 11.5. The Balaban J connectivity index is 1.94. The summed E-state index contributed by atoms with van der Waals surface area (Å²) in [5.41, 5.74) is 0.179. The molecule has 0 bridgehead atoms. The van der Waals surface area contributed by atoms with Gasteiger partial charge in [0.2, 0.25) is 0 Å². The van der Waals surface area contributed by atoms with E-state index in [0.29, 0.717) is 18.7 Å². The monoisotopic (exact) mass is 394 g/mol. The first-order valence-electron chi connectivity index (χ1n) is 8.17. The van der Waals surface area contributed by atoms with Gasteiger partial charge in [-0.1, -0.05) is 18.6 Å². The second-order valence-corrected chi connectivity index (χ2v) is 9.23. The van der Waals surface area contributed by atoms with E-state index in [1.807, 2.05) is 0 Å².